The zero-order chi connectivity index (χ0) is 13.5. The summed E-state index contributed by atoms with van der Waals surface area (Å²) in [6.07, 6.45) is 1.02. The number of hydrogen-bond donors (Lipinski definition) is 1. The van der Waals surface area contributed by atoms with Gasteiger partial charge in [-0.05, 0) is 38.8 Å². The maximum absolute atomic E-state index is 5.49. The van der Waals surface area contributed by atoms with E-state index in [2.05, 4.69) is 43.0 Å². The first-order valence-electron chi connectivity index (χ1n) is 6.66. The molecule has 1 aromatic rings. The molecule has 0 aliphatic carbocycles. The largest absolute Gasteiger partial charge is 0.373 e. The molecule has 0 spiro atoms. The van der Waals surface area contributed by atoms with Gasteiger partial charge in [-0.3, -0.25) is 0 Å². The van der Waals surface area contributed by atoms with Crippen LogP contribution in [0.5, 0.6) is 0 Å². The fraction of sp³-hybridized carbons (Fsp3) is 0.714. The van der Waals surface area contributed by atoms with Crippen molar-refractivity contribution >= 4 is 0 Å². The Labute approximate surface area is 110 Å². The second kappa shape index (κ2) is 7.44. The van der Waals surface area contributed by atoms with Crippen molar-refractivity contribution in [1.82, 2.24) is 15.3 Å². The predicted molar refractivity (Wildman–Crippen MR) is 73.8 cm³/mol. The van der Waals surface area contributed by atoms with E-state index in [4.69, 9.17) is 4.74 Å². The first-order valence-corrected chi connectivity index (χ1v) is 6.66. The minimum atomic E-state index is 0.431. The molecule has 0 amide bonds. The van der Waals surface area contributed by atoms with E-state index >= 15 is 0 Å². The smallest absolute Gasteiger partial charge is 0.154 e. The van der Waals surface area contributed by atoms with Gasteiger partial charge in [0.15, 0.2) is 5.82 Å². The van der Waals surface area contributed by atoms with Crippen LogP contribution in [0.3, 0.4) is 0 Å². The molecule has 0 bridgehead atoms. The normalized spacial score (nSPS) is 12.7. The molecule has 1 N–H and O–H groups in total. The summed E-state index contributed by atoms with van der Waals surface area (Å²) in [5, 5.41) is 3.20. The molecule has 0 aliphatic rings. The van der Waals surface area contributed by atoms with Gasteiger partial charge in [0.1, 0.15) is 6.61 Å². The molecule has 4 nitrogen and oxygen atoms in total. The first kappa shape index (κ1) is 15.1. The highest BCUT2D eigenvalue weighted by atomic mass is 16.5. The molecule has 102 valence electrons. The fourth-order valence-electron chi connectivity index (χ4n) is 2.29. The lowest BCUT2D eigenvalue weighted by atomic mass is 9.98. The van der Waals surface area contributed by atoms with Crippen molar-refractivity contribution in [2.75, 3.05) is 20.2 Å². The number of nitrogens with zero attached hydrogens (tertiary/aromatic N) is 2. The molecular weight excluding hydrogens is 226 g/mol. The minimum absolute atomic E-state index is 0.431. The number of hydrogen-bond acceptors (Lipinski definition) is 4. The number of aromatic nitrogens is 2. The number of nitrogens with one attached hydrogen (secondary N) is 1. The molecule has 0 fully saturated rings. The van der Waals surface area contributed by atoms with Crippen LogP contribution in [-0.4, -0.2) is 30.2 Å². The van der Waals surface area contributed by atoms with Gasteiger partial charge < -0.3 is 10.1 Å². The van der Waals surface area contributed by atoms with E-state index in [0.717, 1.165) is 36.8 Å². The van der Waals surface area contributed by atoms with Crippen LogP contribution >= 0.6 is 0 Å². The van der Waals surface area contributed by atoms with Gasteiger partial charge in [0.25, 0.3) is 0 Å². The van der Waals surface area contributed by atoms with Crippen LogP contribution in [0.4, 0.5) is 0 Å². The Morgan fingerprint density at radius 1 is 1.22 bits per heavy atom. The Kier molecular flexibility index (Phi) is 6.22. The molecule has 18 heavy (non-hydrogen) atoms. The van der Waals surface area contributed by atoms with E-state index in [0.29, 0.717) is 12.5 Å². The van der Waals surface area contributed by atoms with Gasteiger partial charge in [0.2, 0.25) is 0 Å². The van der Waals surface area contributed by atoms with Crippen molar-refractivity contribution < 1.29 is 4.74 Å². The van der Waals surface area contributed by atoms with Crippen LogP contribution in [0.1, 0.15) is 49.0 Å². The van der Waals surface area contributed by atoms with Crippen LogP contribution in [0.25, 0.3) is 0 Å². The lowest BCUT2D eigenvalue weighted by molar-refractivity contribution is 0.115. The standard InChI is InChI=1S/C14H25N3O/c1-6-7-18-9-13-16-11(3)14(12(4)17-13)10(2)8-15-5/h10,15H,6-9H2,1-5H3. The third-order valence-corrected chi connectivity index (χ3v) is 2.96. The summed E-state index contributed by atoms with van der Waals surface area (Å²) in [6, 6.07) is 0. The van der Waals surface area contributed by atoms with Crippen molar-refractivity contribution in [3.63, 3.8) is 0 Å². The molecule has 0 saturated carbocycles. The van der Waals surface area contributed by atoms with Crippen molar-refractivity contribution in [1.29, 1.82) is 0 Å². The SMILES string of the molecule is CCCOCc1nc(C)c(C(C)CNC)c(C)n1. The van der Waals surface area contributed by atoms with Crippen LogP contribution in [-0.2, 0) is 11.3 Å². The van der Waals surface area contributed by atoms with E-state index in [1.54, 1.807) is 0 Å². The molecule has 1 atom stereocenters. The monoisotopic (exact) mass is 251 g/mol. The lowest BCUT2D eigenvalue weighted by Crippen LogP contribution is -2.18. The van der Waals surface area contributed by atoms with Gasteiger partial charge in [-0.15, -0.1) is 0 Å². The summed E-state index contributed by atoms with van der Waals surface area (Å²) in [5.41, 5.74) is 3.39. The van der Waals surface area contributed by atoms with Crippen LogP contribution in [0, 0.1) is 13.8 Å². The molecule has 0 aromatic carbocycles. The lowest BCUT2D eigenvalue weighted by Gasteiger charge is -2.17. The molecule has 1 unspecified atom stereocenters. The molecule has 0 saturated heterocycles. The highest BCUT2D eigenvalue weighted by molar-refractivity contribution is 5.28. The van der Waals surface area contributed by atoms with Crippen molar-refractivity contribution in [3.05, 3.63) is 22.8 Å². The molecule has 4 heteroatoms. The predicted octanol–water partition coefficient (Wildman–Crippen LogP) is 2.34. The third-order valence-electron chi connectivity index (χ3n) is 2.96. The van der Waals surface area contributed by atoms with Crippen LogP contribution in [0.2, 0.25) is 0 Å². The van der Waals surface area contributed by atoms with Crippen LogP contribution < -0.4 is 5.32 Å². The average Bonchev–Trinajstić information content (AvgIpc) is 2.28. The summed E-state index contributed by atoms with van der Waals surface area (Å²) < 4.78 is 5.49. The van der Waals surface area contributed by atoms with Crippen molar-refractivity contribution in [2.45, 2.75) is 46.6 Å². The number of aryl methyl sites for hydroxylation is 2. The molecule has 1 aromatic heterocycles. The summed E-state index contributed by atoms with van der Waals surface area (Å²) in [6.45, 7) is 10.6. The molecule has 1 rings (SSSR count). The molecule has 0 aliphatic heterocycles. The maximum atomic E-state index is 5.49. The topological polar surface area (TPSA) is 47.0 Å². The van der Waals surface area contributed by atoms with E-state index in [1.165, 1.54) is 5.56 Å². The second-order valence-electron chi connectivity index (χ2n) is 4.74. The third kappa shape index (κ3) is 4.03. The van der Waals surface area contributed by atoms with Crippen LogP contribution in [0.15, 0.2) is 0 Å². The molecule has 1 heterocycles. The Bertz CT molecular complexity index is 356. The van der Waals surface area contributed by atoms with Gasteiger partial charge in [0, 0.05) is 24.5 Å². The van der Waals surface area contributed by atoms with Crippen molar-refractivity contribution in [2.24, 2.45) is 0 Å². The van der Waals surface area contributed by atoms with Gasteiger partial charge in [-0.2, -0.15) is 0 Å². The highest BCUT2D eigenvalue weighted by Crippen LogP contribution is 2.20. The number of rotatable bonds is 7. The summed E-state index contributed by atoms with van der Waals surface area (Å²) in [4.78, 5) is 9.09. The maximum Gasteiger partial charge on any atom is 0.154 e. The summed E-state index contributed by atoms with van der Waals surface area (Å²) in [5.74, 6) is 1.22. The zero-order valence-electron chi connectivity index (χ0n) is 12.2. The summed E-state index contributed by atoms with van der Waals surface area (Å²) in [7, 11) is 1.97. The quantitative estimate of drug-likeness (QED) is 0.756. The van der Waals surface area contributed by atoms with Gasteiger partial charge in [0.05, 0.1) is 0 Å². The molecular formula is C14H25N3O. The Hall–Kier alpha value is -1.00. The number of likely N-dealkylation sites (N-methyl/N-ethyl adjacent to an activating group) is 1. The minimum Gasteiger partial charge on any atom is -0.373 e. The average molecular weight is 251 g/mol. The number of ether oxygens (including phenoxy) is 1. The van der Waals surface area contributed by atoms with Gasteiger partial charge in [-0.1, -0.05) is 13.8 Å². The first-order chi connectivity index (χ1) is 8.60. The summed E-state index contributed by atoms with van der Waals surface area (Å²) >= 11 is 0. The van der Waals surface area contributed by atoms with E-state index in [1.807, 2.05) is 7.05 Å². The van der Waals surface area contributed by atoms with E-state index in [9.17, 15) is 0 Å². The second-order valence-corrected chi connectivity index (χ2v) is 4.74. The van der Waals surface area contributed by atoms with Gasteiger partial charge >= 0.3 is 0 Å². The Morgan fingerprint density at radius 2 is 1.83 bits per heavy atom. The van der Waals surface area contributed by atoms with E-state index < -0.39 is 0 Å². The fourth-order valence-corrected chi connectivity index (χ4v) is 2.29. The van der Waals surface area contributed by atoms with Crippen molar-refractivity contribution in [3.8, 4) is 0 Å². The molecule has 0 radical (unpaired) electrons. The Morgan fingerprint density at radius 3 is 2.33 bits per heavy atom. The van der Waals surface area contributed by atoms with Gasteiger partial charge in [-0.25, -0.2) is 9.97 Å². The van der Waals surface area contributed by atoms with E-state index in [-0.39, 0.29) is 0 Å². The Balaban J connectivity index is 2.83. The zero-order valence-corrected chi connectivity index (χ0v) is 12.2. The highest BCUT2D eigenvalue weighted by Gasteiger charge is 2.14.